The highest BCUT2D eigenvalue weighted by atomic mass is 16.2. The molecule has 5 nitrogen and oxygen atoms in total. The van der Waals surface area contributed by atoms with E-state index in [1.54, 1.807) is 0 Å². The third kappa shape index (κ3) is 2.80. The molecule has 21 heavy (non-hydrogen) atoms. The highest BCUT2D eigenvalue weighted by Crippen LogP contribution is 2.36. The molecule has 0 atom stereocenters. The zero-order valence-electron chi connectivity index (χ0n) is 13.3. The van der Waals surface area contributed by atoms with E-state index in [1.165, 1.54) is 0 Å². The predicted molar refractivity (Wildman–Crippen MR) is 80.8 cm³/mol. The van der Waals surface area contributed by atoms with Crippen LogP contribution in [0, 0.1) is 5.41 Å². The van der Waals surface area contributed by atoms with E-state index < -0.39 is 5.54 Å². The SMILES string of the molecule is CN1CCC(C)(CN2CC(=O)NC3(CCCC3)C2=O)CC1. The van der Waals surface area contributed by atoms with Crippen LogP contribution in [0.15, 0.2) is 0 Å². The summed E-state index contributed by atoms with van der Waals surface area (Å²) in [5, 5.41) is 2.99. The van der Waals surface area contributed by atoms with Crippen molar-refractivity contribution in [2.45, 2.75) is 51.0 Å². The van der Waals surface area contributed by atoms with Crippen LogP contribution >= 0.6 is 0 Å². The van der Waals surface area contributed by atoms with Crippen molar-refractivity contribution in [2.75, 3.05) is 33.2 Å². The van der Waals surface area contributed by atoms with E-state index >= 15 is 0 Å². The number of piperidine rings is 1. The third-order valence-electron chi connectivity index (χ3n) is 5.63. The number of hydrogen-bond donors (Lipinski definition) is 1. The van der Waals surface area contributed by atoms with Gasteiger partial charge in [0, 0.05) is 6.54 Å². The smallest absolute Gasteiger partial charge is 0.248 e. The van der Waals surface area contributed by atoms with Gasteiger partial charge in [0.15, 0.2) is 0 Å². The lowest BCUT2D eigenvalue weighted by Gasteiger charge is -2.45. The van der Waals surface area contributed by atoms with Crippen molar-refractivity contribution in [1.82, 2.24) is 15.1 Å². The molecule has 3 fully saturated rings. The van der Waals surface area contributed by atoms with Crippen molar-refractivity contribution in [2.24, 2.45) is 5.41 Å². The summed E-state index contributed by atoms with van der Waals surface area (Å²) >= 11 is 0. The highest BCUT2D eigenvalue weighted by molar-refractivity contribution is 5.98. The van der Waals surface area contributed by atoms with Crippen molar-refractivity contribution in [1.29, 1.82) is 0 Å². The van der Waals surface area contributed by atoms with Crippen molar-refractivity contribution in [3.8, 4) is 0 Å². The number of nitrogens with one attached hydrogen (secondary N) is 1. The molecule has 0 radical (unpaired) electrons. The van der Waals surface area contributed by atoms with Gasteiger partial charge in [0.2, 0.25) is 11.8 Å². The van der Waals surface area contributed by atoms with E-state index in [2.05, 4.69) is 24.2 Å². The average Bonchev–Trinajstić information content (AvgIpc) is 2.89. The molecule has 1 N–H and O–H groups in total. The monoisotopic (exact) mass is 293 g/mol. The van der Waals surface area contributed by atoms with E-state index in [9.17, 15) is 9.59 Å². The van der Waals surface area contributed by atoms with Gasteiger partial charge in [-0.05, 0) is 51.2 Å². The maximum absolute atomic E-state index is 12.9. The second kappa shape index (κ2) is 5.27. The van der Waals surface area contributed by atoms with E-state index in [0.717, 1.165) is 58.2 Å². The Labute approximate surface area is 127 Å². The normalized spacial score (nSPS) is 29.0. The number of amides is 2. The van der Waals surface area contributed by atoms with Crippen LogP contribution in [0.1, 0.15) is 45.4 Å². The van der Waals surface area contributed by atoms with Crippen LogP contribution in [0.25, 0.3) is 0 Å². The van der Waals surface area contributed by atoms with Crippen molar-refractivity contribution >= 4 is 11.8 Å². The molecular formula is C16H27N3O2. The molecule has 0 aromatic carbocycles. The molecule has 118 valence electrons. The Morgan fingerprint density at radius 3 is 2.33 bits per heavy atom. The highest BCUT2D eigenvalue weighted by Gasteiger charge is 2.49. The standard InChI is InChI=1S/C16H27N3O2/c1-15(7-9-18(2)10-8-15)12-19-11-13(20)17-16(14(19)21)5-3-4-6-16/h3-12H2,1-2H3,(H,17,20). The minimum atomic E-state index is -0.572. The number of carbonyl (C=O) groups is 2. The van der Waals surface area contributed by atoms with Gasteiger partial charge in [0.25, 0.3) is 0 Å². The van der Waals surface area contributed by atoms with Gasteiger partial charge in [0.05, 0.1) is 6.54 Å². The van der Waals surface area contributed by atoms with E-state index in [4.69, 9.17) is 0 Å². The summed E-state index contributed by atoms with van der Waals surface area (Å²) < 4.78 is 0. The van der Waals surface area contributed by atoms with Crippen LogP contribution in [-0.2, 0) is 9.59 Å². The predicted octanol–water partition coefficient (Wildman–Crippen LogP) is 0.989. The first-order valence-electron chi connectivity index (χ1n) is 8.22. The summed E-state index contributed by atoms with van der Waals surface area (Å²) in [4.78, 5) is 29.1. The molecule has 0 aromatic heterocycles. The lowest BCUT2D eigenvalue weighted by molar-refractivity contribution is -0.151. The summed E-state index contributed by atoms with van der Waals surface area (Å²) in [6.45, 7) is 5.40. The molecule has 1 saturated carbocycles. The van der Waals surface area contributed by atoms with E-state index in [-0.39, 0.29) is 23.8 Å². The average molecular weight is 293 g/mol. The zero-order valence-corrected chi connectivity index (χ0v) is 13.3. The first-order chi connectivity index (χ1) is 9.92. The summed E-state index contributed by atoms with van der Waals surface area (Å²) in [6.07, 6.45) is 5.91. The van der Waals surface area contributed by atoms with Gasteiger partial charge in [-0.2, -0.15) is 0 Å². The lowest BCUT2D eigenvalue weighted by Crippen LogP contribution is -2.66. The number of hydrogen-bond acceptors (Lipinski definition) is 3. The van der Waals surface area contributed by atoms with Crippen molar-refractivity contribution < 1.29 is 9.59 Å². The first-order valence-corrected chi connectivity index (χ1v) is 8.22. The minimum Gasteiger partial charge on any atom is -0.340 e. The Balaban J connectivity index is 1.72. The maximum atomic E-state index is 12.9. The van der Waals surface area contributed by atoms with Crippen LogP contribution in [0.3, 0.4) is 0 Å². The summed E-state index contributed by atoms with van der Waals surface area (Å²) in [6, 6.07) is 0. The number of likely N-dealkylation sites (tertiary alicyclic amines) is 1. The number of carbonyl (C=O) groups excluding carboxylic acids is 2. The van der Waals surface area contributed by atoms with Crippen LogP contribution in [0.4, 0.5) is 0 Å². The van der Waals surface area contributed by atoms with Crippen LogP contribution in [0.5, 0.6) is 0 Å². The summed E-state index contributed by atoms with van der Waals surface area (Å²) in [5.74, 6) is 0.188. The van der Waals surface area contributed by atoms with Crippen LogP contribution in [0.2, 0.25) is 0 Å². The van der Waals surface area contributed by atoms with Gasteiger partial charge < -0.3 is 15.1 Å². The van der Waals surface area contributed by atoms with Crippen LogP contribution < -0.4 is 5.32 Å². The zero-order chi connectivity index (χ0) is 15.1. The summed E-state index contributed by atoms with van der Waals surface area (Å²) in [7, 11) is 2.15. The number of nitrogens with zero attached hydrogens (tertiary/aromatic N) is 2. The maximum Gasteiger partial charge on any atom is 0.248 e. The summed E-state index contributed by atoms with van der Waals surface area (Å²) in [5.41, 5.74) is -0.420. The third-order valence-corrected chi connectivity index (χ3v) is 5.63. The molecule has 2 saturated heterocycles. The Kier molecular flexibility index (Phi) is 3.72. The molecule has 1 aliphatic carbocycles. The van der Waals surface area contributed by atoms with Gasteiger partial charge in [-0.15, -0.1) is 0 Å². The fourth-order valence-electron chi connectivity index (χ4n) is 4.13. The second-order valence-corrected chi connectivity index (χ2v) is 7.61. The van der Waals surface area contributed by atoms with Crippen LogP contribution in [-0.4, -0.2) is 60.4 Å². The molecule has 5 heteroatoms. The fraction of sp³-hybridized carbons (Fsp3) is 0.875. The lowest BCUT2D eigenvalue weighted by atomic mass is 9.79. The number of rotatable bonds is 2. The molecular weight excluding hydrogens is 266 g/mol. The van der Waals surface area contributed by atoms with Gasteiger partial charge >= 0.3 is 0 Å². The Hall–Kier alpha value is -1.10. The van der Waals surface area contributed by atoms with Gasteiger partial charge in [-0.25, -0.2) is 0 Å². The molecule has 3 aliphatic rings. The fourth-order valence-corrected chi connectivity index (χ4v) is 4.13. The largest absolute Gasteiger partial charge is 0.340 e. The molecule has 2 aliphatic heterocycles. The molecule has 2 amide bonds. The topological polar surface area (TPSA) is 52.6 Å². The minimum absolute atomic E-state index is 0.0213. The molecule has 0 aromatic rings. The molecule has 1 spiro atoms. The Bertz CT molecular complexity index is 435. The van der Waals surface area contributed by atoms with Crippen molar-refractivity contribution in [3.05, 3.63) is 0 Å². The second-order valence-electron chi connectivity index (χ2n) is 7.61. The van der Waals surface area contributed by atoms with E-state index in [0.29, 0.717) is 0 Å². The van der Waals surface area contributed by atoms with E-state index in [1.807, 2.05) is 4.90 Å². The Morgan fingerprint density at radius 1 is 1.10 bits per heavy atom. The molecule has 0 bridgehead atoms. The quantitative estimate of drug-likeness (QED) is 0.826. The van der Waals surface area contributed by atoms with Gasteiger partial charge in [-0.3, -0.25) is 9.59 Å². The Morgan fingerprint density at radius 2 is 1.71 bits per heavy atom. The first kappa shape index (κ1) is 14.8. The number of piperazine rings is 1. The van der Waals surface area contributed by atoms with Gasteiger partial charge in [-0.1, -0.05) is 19.8 Å². The van der Waals surface area contributed by atoms with Crippen molar-refractivity contribution in [3.63, 3.8) is 0 Å². The molecule has 3 rings (SSSR count). The molecule has 2 heterocycles. The van der Waals surface area contributed by atoms with Gasteiger partial charge in [0.1, 0.15) is 5.54 Å². The molecule has 0 unspecified atom stereocenters.